The van der Waals surface area contributed by atoms with E-state index in [-0.39, 0.29) is 11.4 Å². The normalized spacial score (nSPS) is 12.0. The number of benzene rings is 2. The zero-order valence-electron chi connectivity index (χ0n) is 17.3. The van der Waals surface area contributed by atoms with Crippen molar-refractivity contribution < 1.29 is 14.3 Å². The molecule has 5 heteroatoms. The molecule has 2 rings (SSSR count). The molecule has 29 heavy (non-hydrogen) atoms. The van der Waals surface area contributed by atoms with Crippen LogP contribution in [0.3, 0.4) is 0 Å². The van der Waals surface area contributed by atoms with Crippen LogP contribution >= 0.6 is 0 Å². The average Bonchev–Trinajstić information content (AvgIpc) is 2.75. The summed E-state index contributed by atoms with van der Waals surface area (Å²) in [5, 5.41) is 9.28. The molecule has 0 spiro atoms. The van der Waals surface area contributed by atoms with Crippen molar-refractivity contribution >= 4 is 23.5 Å². The number of carbonyl (C=O) groups excluding carboxylic acids is 2. The topological polar surface area (TPSA) is 70.4 Å². The Hall–Kier alpha value is -3.39. The molecule has 0 aromatic heterocycles. The molecule has 0 bridgehead atoms. The Bertz CT molecular complexity index is 920. The van der Waals surface area contributed by atoms with Crippen molar-refractivity contribution in [2.24, 2.45) is 0 Å². The van der Waals surface area contributed by atoms with Gasteiger partial charge in [-0.15, -0.1) is 0 Å². The Kier molecular flexibility index (Phi) is 7.73. The second-order valence-electron chi connectivity index (χ2n) is 7.09. The van der Waals surface area contributed by atoms with Crippen LogP contribution in [0.5, 0.6) is 0 Å². The minimum atomic E-state index is -0.811. The van der Waals surface area contributed by atoms with Crippen molar-refractivity contribution in [3.05, 3.63) is 70.8 Å². The number of rotatable bonds is 8. The van der Waals surface area contributed by atoms with Crippen molar-refractivity contribution in [3.63, 3.8) is 0 Å². The molecule has 0 heterocycles. The monoisotopic (exact) mass is 390 g/mol. The number of carbonyl (C=O) groups is 2. The SMILES string of the molecule is CC[C@H](C)c1ccc(C(=O)COC(=O)/C(C#N)=C/c2ccc(N(C)C)cc2)cc1. The highest BCUT2D eigenvalue weighted by Crippen LogP contribution is 2.19. The van der Waals surface area contributed by atoms with Crippen molar-refractivity contribution in [2.75, 3.05) is 25.6 Å². The van der Waals surface area contributed by atoms with Crippen molar-refractivity contribution in [1.29, 1.82) is 5.26 Å². The van der Waals surface area contributed by atoms with E-state index in [0.29, 0.717) is 17.0 Å². The number of hydrogen-bond acceptors (Lipinski definition) is 5. The number of Topliss-reactive ketones (excluding diaryl/α,β-unsaturated/α-hetero) is 1. The maximum Gasteiger partial charge on any atom is 0.349 e. The van der Waals surface area contributed by atoms with E-state index in [4.69, 9.17) is 4.74 Å². The molecule has 0 aliphatic carbocycles. The highest BCUT2D eigenvalue weighted by atomic mass is 16.5. The van der Waals surface area contributed by atoms with Crippen LogP contribution in [0.25, 0.3) is 6.08 Å². The van der Waals surface area contributed by atoms with Gasteiger partial charge in [-0.3, -0.25) is 4.79 Å². The first-order chi connectivity index (χ1) is 13.8. The first kappa shape index (κ1) is 21.9. The zero-order valence-corrected chi connectivity index (χ0v) is 17.3. The lowest BCUT2D eigenvalue weighted by Gasteiger charge is -2.11. The summed E-state index contributed by atoms with van der Waals surface area (Å²) in [5.41, 5.74) is 3.20. The lowest BCUT2D eigenvalue weighted by atomic mass is 9.97. The van der Waals surface area contributed by atoms with Gasteiger partial charge in [0.1, 0.15) is 11.6 Å². The van der Waals surface area contributed by atoms with E-state index in [2.05, 4.69) is 13.8 Å². The predicted molar refractivity (Wildman–Crippen MR) is 115 cm³/mol. The van der Waals surface area contributed by atoms with Crippen LogP contribution in [-0.4, -0.2) is 32.5 Å². The Labute approximate surface area is 172 Å². The van der Waals surface area contributed by atoms with Crippen LogP contribution in [0, 0.1) is 11.3 Å². The molecule has 0 unspecified atom stereocenters. The highest BCUT2D eigenvalue weighted by molar-refractivity contribution is 6.01. The molecule has 150 valence electrons. The van der Waals surface area contributed by atoms with E-state index >= 15 is 0 Å². The third-order valence-corrected chi connectivity index (χ3v) is 4.81. The summed E-state index contributed by atoms with van der Waals surface area (Å²) in [4.78, 5) is 26.4. The maximum absolute atomic E-state index is 12.3. The van der Waals surface area contributed by atoms with E-state index in [1.165, 1.54) is 6.08 Å². The van der Waals surface area contributed by atoms with Gasteiger partial charge in [-0.05, 0) is 41.7 Å². The van der Waals surface area contributed by atoms with Gasteiger partial charge in [0.15, 0.2) is 12.4 Å². The van der Waals surface area contributed by atoms with Gasteiger partial charge in [0.2, 0.25) is 0 Å². The number of nitrogens with zero attached hydrogens (tertiary/aromatic N) is 2. The Balaban J connectivity index is 2.00. The van der Waals surface area contributed by atoms with Crippen LogP contribution in [0.4, 0.5) is 5.69 Å². The van der Waals surface area contributed by atoms with Crippen LogP contribution in [0.1, 0.15) is 47.7 Å². The van der Waals surface area contributed by atoms with Crippen LogP contribution < -0.4 is 4.90 Å². The summed E-state index contributed by atoms with van der Waals surface area (Å²) in [6.45, 7) is 3.84. The second-order valence-corrected chi connectivity index (χ2v) is 7.09. The molecule has 2 aromatic rings. The summed E-state index contributed by atoms with van der Waals surface area (Å²) in [6.07, 6.45) is 2.47. The van der Waals surface area contributed by atoms with Crippen LogP contribution in [0.2, 0.25) is 0 Å². The minimum Gasteiger partial charge on any atom is -0.453 e. The fourth-order valence-electron chi connectivity index (χ4n) is 2.70. The smallest absolute Gasteiger partial charge is 0.349 e. The second kappa shape index (κ2) is 10.2. The Morgan fingerprint density at radius 1 is 1.10 bits per heavy atom. The molecular formula is C24H26N2O3. The average molecular weight is 390 g/mol. The van der Waals surface area contributed by atoms with E-state index in [0.717, 1.165) is 17.7 Å². The molecule has 0 N–H and O–H groups in total. The van der Waals surface area contributed by atoms with Crippen LogP contribution in [0.15, 0.2) is 54.1 Å². The quantitative estimate of drug-likeness (QED) is 0.285. The van der Waals surface area contributed by atoms with Gasteiger partial charge in [0, 0.05) is 25.3 Å². The lowest BCUT2D eigenvalue weighted by molar-refractivity contribution is -0.137. The molecule has 0 saturated carbocycles. The van der Waals surface area contributed by atoms with Gasteiger partial charge >= 0.3 is 5.97 Å². The van der Waals surface area contributed by atoms with Gasteiger partial charge in [-0.1, -0.05) is 50.2 Å². The highest BCUT2D eigenvalue weighted by Gasteiger charge is 2.15. The van der Waals surface area contributed by atoms with Crippen molar-refractivity contribution in [3.8, 4) is 6.07 Å². The molecular weight excluding hydrogens is 364 g/mol. The third-order valence-electron chi connectivity index (χ3n) is 4.81. The Morgan fingerprint density at radius 3 is 2.24 bits per heavy atom. The number of ether oxygens (including phenoxy) is 1. The molecule has 0 radical (unpaired) electrons. The van der Waals surface area contributed by atoms with E-state index in [1.807, 2.05) is 61.5 Å². The maximum atomic E-state index is 12.3. The van der Waals surface area contributed by atoms with Crippen LogP contribution in [-0.2, 0) is 9.53 Å². The number of ketones is 1. The Morgan fingerprint density at radius 2 is 1.72 bits per heavy atom. The number of esters is 1. The molecule has 2 aromatic carbocycles. The van der Waals surface area contributed by atoms with Gasteiger partial charge < -0.3 is 9.64 Å². The van der Waals surface area contributed by atoms with Gasteiger partial charge in [-0.2, -0.15) is 5.26 Å². The standard InChI is InChI=1S/C24H26N2O3/c1-5-17(2)19-8-10-20(11-9-19)23(27)16-29-24(28)21(15-25)14-18-6-12-22(13-7-18)26(3)4/h6-14,17H,5,16H2,1-4H3/b21-14+/t17-/m0/s1. The van der Waals surface area contributed by atoms with E-state index in [1.54, 1.807) is 12.1 Å². The molecule has 0 amide bonds. The molecule has 0 aliphatic rings. The van der Waals surface area contributed by atoms with Crippen molar-refractivity contribution in [1.82, 2.24) is 0 Å². The fraction of sp³-hybridized carbons (Fsp3) is 0.292. The number of hydrogen-bond donors (Lipinski definition) is 0. The summed E-state index contributed by atoms with van der Waals surface area (Å²) >= 11 is 0. The first-order valence-corrected chi connectivity index (χ1v) is 9.55. The van der Waals surface area contributed by atoms with E-state index < -0.39 is 12.6 Å². The zero-order chi connectivity index (χ0) is 21.4. The predicted octanol–water partition coefficient (Wildman–Crippen LogP) is 4.60. The largest absolute Gasteiger partial charge is 0.453 e. The minimum absolute atomic E-state index is 0.150. The molecule has 0 fully saturated rings. The summed E-state index contributed by atoms with van der Waals surface area (Å²) in [5.74, 6) is -0.692. The number of nitriles is 1. The third kappa shape index (κ3) is 6.05. The molecule has 1 atom stereocenters. The molecule has 5 nitrogen and oxygen atoms in total. The van der Waals surface area contributed by atoms with Crippen molar-refractivity contribution in [2.45, 2.75) is 26.2 Å². The summed E-state index contributed by atoms with van der Waals surface area (Å²) in [7, 11) is 3.86. The van der Waals surface area contributed by atoms with Gasteiger partial charge in [-0.25, -0.2) is 4.79 Å². The van der Waals surface area contributed by atoms with E-state index in [9.17, 15) is 14.9 Å². The fourth-order valence-corrected chi connectivity index (χ4v) is 2.70. The molecule has 0 aliphatic heterocycles. The lowest BCUT2D eigenvalue weighted by Crippen LogP contribution is -2.15. The first-order valence-electron chi connectivity index (χ1n) is 9.55. The number of anilines is 1. The summed E-state index contributed by atoms with van der Waals surface area (Å²) < 4.78 is 5.06. The molecule has 0 saturated heterocycles. The van der Waals surface area contributed by atoms with Gasteiger partial charge in [0.25, 0.3) is 0 Å². The van der Waals surface area contributed by atoms with Gasteiger partial charge in [0.05, 0.1) is 0 Å². The summed E-state index contributed by atoms with van der Waals surface area (Å²) in [6, 6.07) is 16.6.